The average molecular weight is 286 g/mol. The van der Waals surface area contributed by atoms with Crippen molar-refractivity contribution in [3.8, 4) is 0 Å². The molecule has 1 unspecified atom stereocenters. The molecule has 1 N–H and O–H groups in total. The molecule has 1 fully saturated rings. The summed E-state index contributed by atoms with van der Waals surface area (Å²) in [5, 5.41) is 9.43. The first-order valence-corrected chi connectivity index (χ1v) is 6.80. The summed E-state index contributed by atoms with van der Waals surface area (Å²) < 4.78 is 4.78. The Labute approximate surface area is 118 Å². The molecule has 0 aromatic heterocycles. The third-order valence-electron chi connectivity index (χ3n) is 3.70. The molecule has 0 saturated carbocycles. The zero-order valence-corrected chi connectivity index (χ0v) is 12.2. The lowest BCUT2D eigenvalue weighted by atomic mass is 9.93. The summed E-state index contributed by atoms with van der Waals surface area (Å²) >= 11 is 0. The Hall–Kier alpha value is -1.79. The molecule has 1 aliphatic heterocycles. The minimum atomic E-state index is -1.15. The number of carbonyl (C=O) groups is 3. The number of likely N-dealkylation sites (tertiary alicyclic amines) is 1. The Morgan fingerprint density at radius 1 is 1.35 bits per heavy atom. The van der Waals surface area contributed by atoms with Crippen LogP contribution in [-0.2, 0) is 14.3 Å². The number of ether oxygens (including phenoxy) is 1. The van der Waals surface area contributed by atoms with E-state index >= 15 is 0 Å². The molecular formula is C13H22N2O5. The molecule has 7 nitrogen and oxygen atoms in total. The van der Waals surface area contributed by atoms with Crippen molar-refractivity contribution in [3.63, 3.8) is 0 Å². The molecule has 0 bridgehead atoms. The van der Waals surface area contributed by atoms with Gasteiger partial charge in [0.05, 0.1) is 6.61 Å². The van der Waals surface area contributed by atoms with Gasteiger partial charge in [0, 0.05) is 13.6 Å². The number of amides is 2. The first kappa shape index (κ1) is 16.3. The second-order valence-corrected chi connectivity index (χ2v) is 4.89. The molecule has 0 radical (unpaired) electrons. The van der Waals surface area contributed by atoms with Gasteiger partial charge in [0.2, 0.25) is 0 Å². The molecule has 1 heterocycles. The van der Waals surface area contributed by atoms with Gasteiger partial charge >= 0.3 is 18.0 Å². The molecule has 0 spiro atoms. The molecule has 2 amide bonds. The molecule has 1 atom stereocenters. The van der Waals surface area contributed by atoms with E-state index in [0.717, 1.165) is 0 Å². The second-order valence-electron chi connectivity index (χ2n) is 4.89. The fraction of sp³-hybridized carbons (Fsp3) is 0.769. The first-order valence-electron chi connectivity index (χ1n) is 6.80. The number of carboxylic acids is 1. The van der Waals surface area contributed by atoms with Crippen LogP contribution in [0.4, 0.5) is 4.79 Å². The standard InChI is InChI=1S/C13H22N2O5/c1-4-13(11(17)18)7-6-8-15(13)12(19)14(3)9-10(16)20-5-2/h4-9H2,1-3H3,(H,17,18). The van der Waals surface area contributed by atoms with Crippen molar-refractivity contribution >= 4 is 18.0 Å². The van der Waals surface area contributed by atoms with E-state index in [-0.39, 0.29) is 13.2 Å². The SMILES string of the molecule is CCOC(=O)CN(C)C(=O)N1CCCC1(CC)C(=O)O. The van der Waals surface area contributed by atoms with Crippen molar-refractivity contribution in [1.29, 1.82) is 0 Å². The lowest BCUT2D eigenvalue weighted by Crippen LogP contribution is -2.56. The summed E-state index contributed by atoms with van der Waals surface area (Å²) in [6, 6.07) is -0.445. The van der Waals surface area contributed by atoms with E-state index in [1.54, 1.807) is 13.8 Å². The molecule has 7 heteroatoms. The van der Waals surface area contributed by atoms with Crippen LogP contribution in [0.2, 0.25) is 0 Å². The third kappa shape index (κ3) is 3.02. The van der Waals surface area contributed by atoms with E-state index in [1.807, 2.05) is 0 Å². The highest BCUT2D eigenvalue weighted by atomic mass is 16.5. The quantitative estimate of drug-likeness (QED) is 0.760. The number of nitrogens with zero attached hydrogens (tertiary/aromatic N) is 2. The Bertz CT molecular complexity index is 398. The molecule has 1 rings (SSSR count). The van der Waals surface area contributed by atoms with Crippen LogP contribution in [0.1, 0.15) is 33.1 Å². The van der Waals surface area contributed by atoms with Crippen molar-refractivity contribution in [2.24, 2.45) is 0 Å². The lowest BCUT2D eigenvalue weighted by molar-refractivity contribution is -0.148. The van der Waals surface area contributed by atoms with Crippen LogP contribution in [-0.4, -0.2) is 65.2 Å². The smallest absolute Gasteiger partial charge is 0.329 e. The van der Waals surface area contributed by atoms with Crippen molar-refractivity contribution in [2.75, 3.05) is 26.7 Å². The fourth-order valence-electron chi connectivity index (χ4n) is 2.57. The summed E-state index contributed by atoms with van der Waals surface area (Å²) in [6.45, 7) is 3.91. The number of carboxylic acid groups (broad SMARTS) is 1. The number of aliphatic carboxylic acids is 1. The van der Waals surface area contributed by atoms with Crippen molar-refractivity contribution in [2.45, 2.75) is 38.6 Å². The van der Waals surface area contributed by atoms with Crippen LogP contribution in [0.15, 0.2) is 0 Å². The number of hydrogen-bond donors (Lipinski definition) is 1. The maximum atomic E-state index is 12.3. The Kier molecular flexibility index (Phi) is 5.35. The Morgan fingerprint density at radius 3 is 2.50 bits per heavy atom. The predicted molar refractivity (Wildman–Crippen MR) is 71.3 cm³/mol. The van der Waals surface area contributed by atoms with Gasteiger partial charge in [0.25, 0.3) is 0 Å². The van der Waals surface area contributed by atoms with Crippen LogP contribution in [0.25, 0.3) is 0 Å². The van der Waals surface area contributed by atoms with Crippen LogP contribution in [0, 0.1) is 0 Å². The van der Waals surface area contributed by atoms with E-state index in [2.05, 4.69) is 0 Å². The molecule has 0 aromatic rings. The van der Waals surface area contributed by atoms with Crippen LogP contribution >= 0.6 is 0 Å². The van der Waals surface area contributed by atoms with Gasteiger partial charge in [-0.3, -0.25) is 4.79 Å². The van der Waals surface area contributed by atoms with Gasteiger partial charge in [-0.25, -0.2) is 9.59 Å². The van der Waals surface area contributed by atoms with E-state index < -0.39 is 23.5 Å². The number of hydrogen-bond acceptors (Lipinski definition) is 4. The number of carbonyl (C=O) groups excluding carboxylic acids is 2. The van der Waals surface area contributed by atoms with Gasteiger partial charge in [0.15, 0.2) is 0 Å². The van der Waals surface area contributed by atoms with Gasteiger partial charge in [-0.05, 0) is 26.2 Å². The molecule has 0 aromatic carbocycles. The normalized spacial score (nSPS) is 21.6. The Morgan fingerprint density at radius 2 is 2.00 bits per heavy atom. The van der Waals surface area contributed by atoms with Crippen LogP contribution < -0.4 is 0 Å². The summed E-state index contributed by atoms with van der Waals surface area (Å²) in [5.41, 5.74) is -1.15. The largest absolute Gasteiger partial charge is 0.479 e. The Balaban J connectivity index is 2.79. The highest BCUT2D eigenvalue weighted by Crippen LogP contribution is 2.33. The first-order chi connectivity index (χ1) is 9.39. The maximum Gasteiger partial charge on any atom is 0.329 e. The highest BCUT2D eigenvalue weighted by molar-refractivity contribution is 5.88. The molecular weight excluding hydrogens is 264 g/mol. The zero-order chi connectivity index (χ0) is 15.3. The van der Waals surface area contributed by atoms with Crippen molar-refractivity contribution in [1.82, 2.24) is 9.80 Å². The van der Waals surface area contributed by atoms with Gasteiger partial charge in [0.1, 0.15) is 12.1 Å². The summed E-state index contributed by atoms with van der Waals surface area (Å²) in [4.78, 5) is 37.8. The number of urea groups is 1. The van der Waals surface area contributed by atoms with E-state index in [0.29, 0.717) is 25.8 Å². The van der Waals surface area contributed by atoms with Gasteiger partial charge in [-0.2, -0.15) is 0 Å². The molecule has 1 aliphatic rings. The van der Waals surface area contributed by atoms with Gasteiger partial charge in [-0.15, -0.1) is 0 Å². The fourth-order valence-corrected chi connectivity index (χ4v) is 2.57. The summed E-state index contributed by atoms with van der Waals surface area (Å²) in [7, 11) is 1.47. The minimum absolute atomic E-state index is 0.178. The van der Waals surface area contributed by atoms with Gasteiger partial charge in [-0.1, -0.05) is 6.92 Å². The topological polar surface area (TPSA) is 87.2 Å². The number of esters is 1. The zero-order valence-electron chi connectivity index (χ0n) is 12.2. The molecule has 0 aliphatic carbocycles. The van der Waals surface area contributed by atoms with Gasteiger partial charge < -0.3 is 19.6 Å². The molecule has 20 heavy (non-hydrogen) atoms. The lowest BCUT2D eigenvalue weighted by Gasteiger charge is -2.36. The second kappa shape index (κ2) is 6.58. The summed E-state index contributed by atoms with van der Waals surface area (Å²) in [5.74, 6) is -1.49. The van der Waals surface area contributed by atoms with Crippen LogP contribution in [0.5, 0.6) is 0 Å². The molecule has 1 saturated heterocycles. The van der Waals surface area contributed by atoms with Crippen molar-refractivity contribution < 1.29 is 24.2 Å². The number of rotatable bonds is 5. The summed E-state index contributed by atoms with van der Waals surface area (Å²) in [6.07, 6.45) is 1.44. The van der Waals surface area contributed by atoms with E-state index in [4.69, 9.17) is 4.74 Å². The number of likely N-dealkylation sites (N-methyl/N-ethyl adjacent to an activating group) is 1. The van der Waals surface area contributed by atoms with Crippen LogP contribution in [0.3, 0.4) is 0 Å². The maximum absolute atomic E-state index is 12.3. The highest BCUT2D eigenvalue weighted by Gasteiger charge is 2.49. The van der Waals surface area contributed by atoms with E-state index in [9.17, 15) is 19.5 Å². The third-order valence-corrected chi connectivity index (χ3v) is 3.70. The van der Waals surface area contributed by atoms with E-state index in [1.165, 1.54) is 16.8 Å². The van der Waals surface area contributed by atoms with Crippen molar-refractivity contribution in [3.05, 3.63) is 0 Å². The minimum Gasteiger partial charge on any atom is -0.479 e. The molecule has 114 valence electrons. The average Bonchev–Trinajstić information content (AvgIpc) is 2.82. The monoisotopic (exact) mass is 286 g/mol. The predicted octanol–water partition coefficient (Wildman–Crippen LogP) is 0.930.